The number of pyridine rings is 1. The van der Waals surface area contributed by atoms with Crippen LogP contribution in [0.3, 0.4) is 0 Å². The molecule has 0 aliphatic carbocycles. The second-order valence-electron chi connectivity index (χ2n) is 6.81. The van der Waals surface area contributed by atoms with Gasteiger partial charge in [0, 0.05) is 31.0 Å². The van der Waals surface area contributed by atoms with E-state index in [1.807, 2.05) is 18.2 Å². The smallest absolute Gasteiger partial charge is 0.496 e. The molecule has 4 rings (SSSR count). The van der Waals surface area contributed by atoms with E-state index < -0.39 is 6.36 Å². The average molecular weight is 414 g/mol. The minimum atomic E-state index is -4.74. The number of hydrogen-bond acceptors (Lipinski definition) is 4. The monoisotopic (exact) mass is 414 g/mol. The van der Waals surface area contributed by atoms with Crippen LogP contribution in [-0.4, -0.2) is 29.3 Å². The van der Waals surface area contributed by atoms with Crippen molar-refractivity contribution in [1.29, 1.82) is 0 Å². The summed E-state index contributed by atoms with van der Waals surface area (Å²) in [5.41, 5.74) is 3.82. The molecule has 0 saturated carbocycles. The lowest BCUT2D eigenvalue weighted by Crippen LogP contribution is -2.23. The number of amides is 1. The molecule has 1 aliphatic rings. The standard InChI is InChI=1S/C22H17F3N2O3/c1-29-19-10-16(15-3-2-8-26-11-15)9-17-13-27(21(28)20(17)19)12-14-4-6-18(7-5-14)30-22(23,24)25/h2-11H,12-13H2,1H3. The van der Waals surface area contributed by atoms with Crippen molar-refractivity contribution >= 4 is 5.91 Å². The highest BCUT2D eigenvalue weighted by molar-refractivity contribution is 6.01. The number of rotatable bonds is 5. The predicted octanol–water partition coefficient (Wildman–Crippen LogP) is 4.81. The second-order valence-corrected chi connectivity index (χ2v) is 6.81. The highest BCUT2D eigenvalue weighted by Gasteiger charge is 2.32. The lowest BCUT2D eigenvalue weighted by atomic mass is 10.0. The summed E-state index contributed by atoms with van der Waals surface area (Å²) in [6.45, 7) is 0.630. The van der Waals surface area contributed by atoms with Gasteiger partial charge in [-0.15, -0.1) is 13.2 Å². The Morgan fingerprint density at radius 3 is 2.50 bits per heavy atom. The van der Waals surface area contributed by atoms with Crippen molar-refractivity contribution in [3.63, 3.8) is 0 Å². The van der Waals surface area contributed by atoms with Crippen molar-refractivity contribution in [2.45, 2.75) is 19.5 Å². The molecule has 1 aliphatic heterocycles. The van der Waals surface area contributed by atoms with Crippen LogP contribution in [0.15, 0.2) is 60.9 Å². The number of fused-ring (bicyclic) bond motifs is 1. The van der Waals surface area contributed by atoms with E-state index in [1.165, 1.54) is 31.4 Å². The Kier molecular flexibility index (Phi) is 5.07. The van der Waals surface area contributed by atoms with Gasteiger partial charge in [-0.3, -0.25) is 9.78 Å². The van der Waals surface area contributed by atoms with Gasteiger partial charge in [-0.1, -0.05) is 18.2 Å². The number of carbonyl (C=O) groups excluding carboxylic acids is 1. The van der Waals surface area contributed by atoms with Gasteiger partial charge in [0.1, 0.15) is 11.5 Å². The van der Waals surface area contributed by atoms with Crippen LogP contribution in [0.4, 0.5) is 13.2 Å². The number of ether oxygens (including phenoxy) is 2. The van der Waals surface area contributed by atoms with Crippen molar-refractivity contribution in [2.75, 3.05) is 7.11 Å². The second kappa shape index (κ2) is 7.70. The highest BCUT2D eigenvalue weighted by atomic mass is 19.4. The molecule has 0 fully saturated rings. The number of carbonyl (C=O) groups is 1. The first kappa shape index (κ1) is 19.8. The normalized spacial score (nSPS) is 13.3. The van der Waals surface area contributed by atoms with E-state index in [0.29, 0.717) is 23.4 Å². The molecule has 0 N–H and O–H groups in total. The van der Waals surface area contributed by atoms with Crippen LogP contribution in [0.2, 0.25) is 0 Å². The van der Waals surface area contributed by atoms with Gasteiger partial charge in [-0.25, -0.2) is 0 Å². The Hall–Kier alpha value is -3.55. The zero-order valence-corrected chi connectivity index (χ0v) is 15.9. The summed E-state index contributed by atoms with van der Waals surface area (Å²) in [4.78, 5) is 18.7. The Balaban J connectivity index is 1.56. The Morgan fingerprint density at radius 2 is 1.87 bits per heavy atom. The summed E-state index contributed by atoms with van der Waals surface area (Å²) in [6.07, 6.45) is -1.32. The van der Waals surface area contributed by atoms with E-state index in [2.05, 4.69) is 9.72 Å². The number of methoxy groups -OCH3 is 1. The third-order valence-corrected chi connectivity index (χ3v) is 4.79. The number of aromatic nitrogens is 1. The molecule has 1 aromatic heterocycles. The number of nitrogens with zero attached hydrogens (tertiary/aromatic N) is 2. The van der Waals surface area contributed by atoms with E-state index in [4.69, 9.17) is 4.74 Å². The van der Waals surface area contributed by atoms with Crippen LogP contribution in [0.5, 0.6) is 11.5 Å². The van der Waals surface area contributed by atoms with Crippen molar-refractivity contribution in [3.8, 4) is 22.6 Å². The summed E-state index contributed by atoms with van der Waals surface area (Å²) in [5.74, 6) is -0.00644. The topological polar surface area (TPSA) is 51.7 Å². The molecule has 0 atom stereocenters. The maximum Gasteiger partial charge on any atom is 0.573 e. The van der Waals surface area contributed by atoms with Gasteiger partial charge >= 0.3 is 6.36 Å². The molecule has 1 amide bonds. The largest absolute Gasteiger partial charge is 0.573 e. The maximum atomic E-state index is 12.9. The fraction of sp³-hybridized carbons (Fsp3) is 0.182. The summed E-state index contributed by atoms with van der Waals surface area (Å²) in [5, 5.41) is 0. The van der Waals surface area contributed by atoms with Crippen LogP contribution < -0.4 is 9.47 Å². The predicted molar refractivity (Wildman–Crippen MR) is 103 cm³/mol. The molecule has 5 nitrogen and oxygen atoms in total. The first-order chi connectivity index (χ1) is 14.3. The van der Waals surface area contributed by atoms with Gasteiger partial charge in [-0.2, -0.15) is 0 Å². The third-order valence-electron chi connectivity index (χ3n) is 4.79. The summed E-state index contributed by atoms with van der Waals surface area (Å²) < 4.78 is 46.3. The fourth-order valence-corrected chi connectivity index (χ4v) is 3.48. The van der Waals surface area contributed by atoms with E-state index in [-0.39, 0.29) is 18.2 Å². The van der Waals surface area contributed by atoms with Gasteiger partial charge in [0.2, 0.25) is 0 Å². The fourth-order valence-electron chi connectivity index (χ4n) is 3.48. The van der Waals surface area contributed by atoms with Crippen molar-refractivity contribution < 1.29 is 27.4 Å². The van der Waals surface area contributed by atoms with Crippen LogP contribution in [0.25, 0.3) is 11.1 Å². The molecule has 0 saturated heterocycles. The molecule has 154 valence electrons. The van der Waals surface area contributed by atoms with Gasteiger partial charge in [0.25, 0.3) is 5.91 Å². The average Bonchev–Trinajstić information content (AvgIpc) is 3.04. The Morgan fingerprint density at radius 1 is 1.10 bits per heavy atom. The Labute approximate surface area is 170 Å². The quantitative estimate of drug-likeness (QED) is 0.601. The summed E-state index contributed by atoms with van der Waals surface area (Å²) >= 11 is 0. The van der Waals surface area contributed by atoms with Gasteiger partial charge in [0.15, 0.2) is 0 Å². The summed E-state index contributed by atoms with van der Waals surface area (Å²) in [7, 11) is 1.51. The lowest BCUT2D eigenvalue weighted by molar-refractivity contribution is -0.274. The van der Waals surface area contributed by atoms with Gasteiger partial charge < -0.3 is 14.4 Å². The molecular formula is C22H17F3N2O3. The van der Waals surface area contributed by atoms with Crippen LogP contribution in [0.1, 0.15) is 21.5 Å². The zero-order chi connectivity index (χ0) is 21.3. The molecule has 0 bridgehead atoms. The molecule has 0 unspecified atom stereocenters. The summed E-state index contributed by atoms with van der Waals surface area (Å²) in [6, 6.07) is 13.0. The molecule has 30 heavy (non-hydrogen) atoms. The van der Waals surface area contributed by atoms with Crippen molar-refractivity contribution in [3.05, 3.63) is 77.6 Å². The first-order valence-corrected chi connectivity index (χ1v) is 9.09. The number of hydrogen-bond donors (Lipinski definition) is 0. The number of benzene rings is 2. The van der Waals surface area contributed by atoms with E-state index >= 15 is 0 Å². The van der Waals surface area contributed by atoms with Crippen LogP contribution in [-0.2, 0) is 13.1 Å². The number of halogens is 3. The minimum Gasteiger partial charge on any atom is -0.496 e. The molecule has 0 spiro atoms. The minimum absolute atomic E-state index is 0.185. The van der Waals surface area contributed by atoms with Crippen molar-refractivity contribution in [2.24, 2.45) is 0 Å². The van der Waals surface area contributed by atoms with E-state index in [9.17, 15) is 18.0 Å². The van der Waals surface area contributed by atoms with E-state index in [1.54, 1.807) is 23.4 Å². The number of alkyl halides is 3. The highest BCUT2D eigenvalue weighted by Crippen LogP contribution is 2.36. The molecule has 2 heterocycles. The zero-order valence-electron chi connectivity index (χ0n) is 15.9. The molecule has 8 heteroatoms. The SMILES string of the molecule is COc1cc(-c2cccnc2)cc2c1C(=O)N(Cc1ccc(OC(F)(F)F)cc1)C2. The molecule has 0 radical (unpaired) electrons. The lowest BCUT2D eigenvalue weighted by Gasteiger charge is -2.16. The van der Waals surface area contributed by atoms with Crippen LogP contribution >= 0.6 is 0 Å². The van der Waals surface area contributed by atoms with Gasteiger partial charge in [-0.05, 0) is 47.0 Å². The van der Waals surface area contributed by atoms with Crippen molar-refractivity contribution in [1.82, 2.24) is 9.88 Å². The Bertz CT molecular complexity index is 1070. The first-order valence-electron chi connectivity index (χ1n) is 9.09. The van der Waals surface area contributed by atoms with E-state index in [0.717, 1.165) is 16.7 Å². The van der Waals surface area contributed by atoms with Gasteiger partial charge in [0.05, 0.1) is 12.7 Å². The third kappa shape index (κ3) is 4.07. The maximum absolute atomic E-state index is 12.9. The molecule has 3 aromatic rings. The molecular weight excluding hydrogens is 397 g/mol. The van der Waals surface area contributed by atoms with Crippen LogP contribution in [0, 0.1) is 0 Å². The molecule has 2 aromatic carbocycles.